The van der Waals surface area contributed by atoms with Crippen LogP contribution in [0.5, 0.6) is 0 Å². The minimum Gasteiger partial charge on any atom is -0.385 e. The second-order valence-electron chi connectivity index (χ2n) is 5.79. The fraction of sp³-hybridized carbons (Fsp3) is 0.889. The van der Waals surface area contributed by atoms with Gasteiger partial charge in [0.1, 0.15) is 19.5 Å². The van der Waals surface area contributed by atoms with Gasteiger partial charge in [0.2, 0.25) is 5.91 Å². The second-order valence-corrected chi connectivity index (χ2v) is 5.79. The Bertz CT molecular complexity index is 294. The largest absolute Gasteiger partial charge is 0.385 e. The van der Waals surface area contributed by atoms with Crippen LogP contribution in [0, 0.1) is 5.92 Å². The SMILES string of the molecule is CCCCOCC(=O)NCCOCCOCC=O.COCCC(C)C.NN. The highest BCUT2D eigenvalue weighted by atomic mass is 16.5. The van der Waals surface area contributed by atoms with E-state index in [4.69, 9.17) is 18.9 Å². The van der Waals surface area contributed by atoms with Crippen molar-refractivity contribution < 1.29 is 28.5 Å². The first-order valence-electron chi connectivity index (χ1n) is 9.34. The zero-order valence-electron chi connectivity index (χ0n) is 17.5. The molecule has 164 valence electrons. The Balaban J connectivity index is -0.000000535. The van der Waals surface area contributed by atoms with Crippen LogP contribution >= 0.6 is 0 Å². The molecule has 9 heteroatoms. The summed E-state index contributed by atoms with van der Waals surface area (Å²) in [5.41, 5.74) is 0. The van der Waals surface area contributed by atoms with Gasteiger partial charge in [0.25, 0.3) is 0 Å². The van der Waals surface area contributed by atoms with E-state index in [9.17, 15) is 9.59 Å². The maximum atomic E-state index is 11.2. The number of carbonyl (C=O) groups is 2. The Hall–Kier alpha value is -1.10. The number of aldehydes is 1. The molecule has 5 N–H and O–H groups in total. The predicted molar refractivity (Wildman–Crippen MR) is 106 cm³/mol. The van der Waals surface area contributed by atoms with E-state index in [-0.39, 0.29) is 19.1 Å². The van der Waals surface area contributed by atoms with Gasteiger partial charge in [-0.05, 0) is 18.8 Å². The Morgan fingerprint density at radius 2 is 1.70 bits per heavy atom. The van der Waals surface area contributed by atoms with E-state index in [0.29, 0.717) is 39.3 Å². The minimum absolute atomic E-state index is 0.0925. The molecule has 1 amide bonds. The van der Waals surface area contributed by atoms with Gasteiger partial charge in [0.05, 0.1) is 19.8 Å². The molecule has 0 atom stereocenters. The van der Waals surface area contributed by atoms with E-state index < -0.39 is 0 Å². The number of hydrogen-bond donors (Lipinski definition) is 3. The van der Waals surface area contributed by atoms with E-state index in [2.05, 4.69) is 37.8 Å². The molecule has 0 heterocycles. The third kappa shape index (κ3) is 36.6. The monoisotopic (exact) mass is 395 g/mol. The van der Waals surface area contributed by atoms with E-state index in [1.807, 2.05) is 0 Å². The lowest BCUT2D eigenvalue weighted by atomic mass is 10.1. The molecule has 0 aromatic heterocycles. The van der Waals surface area contributed by atoms with Crippen LogP contribution in [0.2, 0.25) is 0 Å². The molecule has 0 aliphatic carbocycles. The summed E-state index contributed by atoms with van der Waals surface area (Å²) in [7, 11) is 1.74. The second kappa shape index (κ2) is 29.7. The number of unbranched alkanes of at least 4 members (excludes halogenated alkanes) is 1. The third-order valence-corrected chi connectivity index (χ3v) is 2.90. The van der Waals surface area contributed by atoms with Crippen LogP contribution in [0.3, 0.4) is 0 Å². The number of nitrogens with one attached hydrogen (secondary N) is 1. The molecule has 0 aliphatic rings. The zero-order valence-corrected chi connectivity index (χ0v) is 17.5. The summed E-state index contributed by atoms with van der Waals surface area (Å²) in [6.45, 7) is 9.83. The quantitative estimate of drug-likeness (QED) is 0.150. The Morgan fingerprint density at radius 1 is 1.04 bits per heavy atom. The van der Waals surface area contributed by atoms with Crippen molar-refractivity contribution in [3.8, 4) is 0 Å². The average molecular weight is 396 g/mol. The lowest BCUT2D eigenvalue weighted by Gasteiger charge is -2.07. The summed E-state index contributed by atoms with van der Waals surface area (Å²) in [6.07, 6.45) is 3.90. The molecule has 0 aromatic rings. The Labute approximate surface area is 164 Å². The highest BCUT2D eigenvalue weighted by Crippen LogP contribution is 1.96. The van der Waals surface area contributed by atoms with Crippen molar-refractivity contribution in [2.75, 3.05) is 59.9 Å². The summed E-state index contributed by atoms with van der Waals surface area (Å²) in [5.74, 6) is 8.65. The lowest BCUT2D eigenvalue weighted by Crippen LogP contribution is -2.31. The maximum absolute atomic E-state index is 11.2. The molecule has 0 rings (SSSR count). The molecule has 0 aliphatic heterocycles. The summed E-state index contributed by atoms with van der Waals surface area (Å²) in [4.78, 5) is 21.1. The standard InChI is InChI=1S/C12H23NO5.C6H14O.H4N2/c1-2-3-6-18-11-12(15)13-4-7-16-9-10-17-8-5-14;1-6(2)4-5-7-3;1-2/h5H,2-4,6-11H2,1H3,(H,13,15);6H,4-5H2,1-3H3;1-2H2. The van der Waals surface area contributed by atoms with Crippen LogP contribution in [0.25, 0.3) is 0 Å². The molecular formula is C18H41N3O6. The molecule has 0 fully saturated rings. The molecule has 0 saturated carbocycles. The third-order valence-electron chi connectivity index (χ3n) is 2.90. The lowest BCUT2D eigenvalue weighted by molar-refractivity contribution is -0.126. The summed E-state index contributed by atoms with van der Waals surface area (Å²) in [6, 6.07) is 0. The van der Waals surface area contributed by atoms with Crippen LogP contribution in [-0.2, 0) is 28.5 Å². The van der Waals surface area contributed by atoms with Gasteiger partial charge in [0.15, 0.2) is 0 Å². The number of rotatable bonds is 16. The average Bonchev–Trinajstić information content (AvgIpc) is 2.67. The van der Waals surface area contributed by atoms with Gasteiger partial charge >= 0.3 is 0 Å². The van der Waals surface area contributed by atoms with Crippen molar-refractivity contribution in [1.29, 1.82) is 0 Å². The van der Waals surface area contributed by atoms with Crippen molar-refractivity contribution in [3.63, 3.8) is 0 Å². The van der Waals surface area contributed by atoms with Gasteiger partial charge in [0, 0.05) is 26.9 Å². The molecule has 9 nitrogen and oxygen atoms in total. The maximum Gasteiger partial charge on any atom is 0.246 e. The molecule has 27 heavy (non-hydrogen) atoms. The van der Waals surface area contributed by atoms with Gasteiger partial charge in [-0.15, -0.1) is 0 Å². The van der Waals surface area contributed by atoms with Crippen molar-refractivity contribution in [2.24, 2.45) is 17.6 Å². The van der Waals surface area contributed by atoms with E-state index in [1.54, 1.807) is 7.11 Å². The summed E-state index contributed by atoms with van der Waals surface area (Å²) < 4.78 is 20.1. The smallest absolute Gasteiger partial charge is 0.246 e. The Morgan fingerprint density at radius 3 is 2.22 bits per heavy atom. The fourth-order valence-corrected chi connectivity index (χ4v) is 1.43. The minimum atomic E-state index is -0.132. The number of methoxy groups -OCH3 is 1. The fourth-order valence-electron chi connectivity index (χ4n) is 1.43. The number of amides is 1. The van der Waals surface area contributed by atoms with Crippen molar-refractivity contribution in [2.45, 2.75) is 40.0 Å². The molecule has 0 radical (unpaired) electrons. The van der Waals surface area contributed by atoms with Gasteiger partial charge in [-0.1, -0.05) is 27.2 Å². The van der Waals surface area contributed by atoms with Gasteiger partial charge in [-0.2, -0.15) is 0 Å². The van der Waals surface area contributed by atoms with E-state index in [0.717, 1.165) is 25.4 Å². The molecule has 0 unspecified atom stereocenters. The van der Waals surface area contributed by atoms with Crippen LogP contribution in [0.15, 0.2) is 0 Å². The number of ether oxygens (including phenoxy) is 4. The zero-order chi connectivity index (χ0) is 21.2. The first-order chi connectivity index (χ1) is 13.1. The highest BCUT2D eigenvalue weighted by molar-refractivity contribution is 5.77. The molecule has 0 aromatic carbocycles. The first-order valence-corrected chi connectivity index (χ1v) is 9.34. The van der Waals surface area contributed by atoms with Gasteiger partial charge in [-0.3, -0.25) is 16.5 Å². The molecule has 0 spiro atoms. The summed E-state index contributed by atoms with van der Waals surface area (Å²) >= 11 is 0. The summed E-state index contributed by atoms with van der Waals surface area (Å²) in [5, 5.41) is 2.68. The first kappa shape index (κ1) is 30.6. The van der Waals surface area contributed by atoms with Crippen molar-refractivity contribution in [3.05, 3.63) is 0 Å². The van der Waals surface area contributed by atoms with Crippen molar-refractivity contribution >= 4 is 12.2 Å². The Kier molecular flexibility index (Phi) is 33.6. The number of carbonyl (C=O) groups excluding carboxylic acids is 2. The van der Waals surface area contributed by atoms with Crippen LogP contribution < -0.4 is 17.0 Å². The predicted octanol–water partition coefficient (Wildman–Crippen LogP) is 0.649. The van der Waals surface area contributed by atoms with Crippen LogP contribution in [0.1, 0.15) is 40.0 Å². The molecular weight excluding hydrogens is 354 g/mol. The van der Waals surface area contributed by atoms with Gasteiger partial charge in [-0.25, -0.2) is 0 Å². The number of nitrogens with two attached hydrogens (primary N) is 2. The number of hydrogen-bond acceptors (Lipinski definition) is 8. The topological polar surface area (TPSA) is 135 Å². The van der Waals surface area contributed by atoms with E-state index in [1.165, 1.54) is 6.42 Å². The van der Waals surface area contributed by atoms with Crippen molar-refractivity contribution in [1.82, 2.24) is 5.32 Å². The normalized spacial score (nSPS) is 9.74. The number of hydrazine groups is 1. The van der Waals surface area contributed by atoms with Gasteiger partial charge < -0.3 is 29.1 Å². The van der Waals surface area contributed by atoms with E-state index >= 15 is 0 Å². The molecule has 0 saturated heterocycles. The molecule has 0 bridgehead atoms. The van der Waals surface area contributed by atoms with Crippen LogP contribution in [-0.4, -0.2) is 72.1 Å². The highest BCUT2D eigenvalue weighted by Gasteiger charge is 1.99. The van der Waals surface area contributed by atoms with Crippen LogP contribution in [0.4, 0.5) is 0 Å².